The van der Waals surface area contributed by atoms with E-state index in [-0.39, 0.29) is 0 Å². The first-order chi connectivity index (χ1) is 9.63. The number of hydrogen-bond acceptors (Lipinski definition) is 2. The van der Waals surface area contributed by atoms with Crippen molar-refractivity contribution in [1.82, 2.24) is 0 Å². The number of carboxylic acids is 1. The summed E-state index contributed by atoms with van der Waals surface area (Å²) >= 11 is 3.39. The predicted molar refractivity (Wildman–Crippen MR) is 81.6 cm³/mol. The summed E-state index contributed by atoms with van der Waals surface area (Å²) in [6, 6.07) is 15.2. The second kappa shape index (κ2) is 6.91. The van der Waals surface area contributed by atoms with Gasteiger partial charge in [-0.3, -0.25) is 0 Å². The van der Waals surface area contributed by atoms with Crippen LogP contribution in [0.15, 0.2) is 59.1 Å². The van der Waals surface area contributed by atoms with Crippen molar-refractivity contribution in [1.29, 1.82) is 0 Å². The van der Waals surface area contributed by atoms with Crippen molar-refractivity contribution in [3.05, 3.63) is 70.2 Å². The number of carbonyl (C=O) groups is 1. The summed E-state index contributed by atoms with van der Waals surface area (Å²) in [6.45, 7) is 0.498. The number of benzene rings is 2. The van der Waals surface area contributed by atoms with Gasteiger partial charge in [-0.1, -0.05) is 40.2 Å². The average Bonchev–Trinajstić information content (AvgIpc) is 2.45. The van der Waals surface area contributed by atoms with E-state index in [1.165, 1.54) is 0 Å². The lowest BCUT2D eigenvalue weighted by atomic mass is 10.2. The van der Waals surface area contributed by atoms with Crippen molar-refractivity contribution in [2.45, 2.75) is 6.61 Å². The molecule has 0 amide bonds. The normalized spacial score (nSPS) is 10.7. The fourth-order valence-corrected chi connectivity index (χ4v) is 1.85. The zero-order valence-corrected chi connectivity index (χ0v) is 12.2. The van der Waals surface area contributed by atoms with E-state index in [1.54, 1.807) is 6.08 Å². The Morgan fingerprint density at radius 2 is 1.75 bits per heavy atom. The van der Waals surface area contributed by atoms with Crippen LogP contribution in [-0.2, 0) is 11.4 Å². The van der Waals surface area contributed by atoms with Gasteiger partial charge in [-0.15, -0.1) is 0 Å². The lowest BCUT2D eigenvalue weighted by molar-refractivity contribution is -0.131. The molecule has 2 rings (SSSR count). The summed E-state index contributed by atoms with van der Waals surface area (Å²) in [7, 11) is 0. The van der Waals surface area contributed by atoms with Crippen molar-refractivity contribution in [3.8, 4) is 5.75 Å². The Morgan fingerprint density at radius 1 is 1.10 bits per heavy atom. The van der Waals surface area contributed by atoms with Crippen LogP contribution in [0, 0.1) is 0 Å². The van der Waals surface area contributed by atoms with Gasteiger partial charge in [0.05, 0.1) is 0 Å². The smallest absolute Gasteiger partial charge is 0.328 e. The molecule has 0 radical (unpaired) electrons. The van der Waals surface area contributed by atoms with Crippen LogP contribution in [0.1, 0.15) is 11.1 Å². The molecule has 0 saturated heterocycles. The first-order valence-corrected chi connectivity index (χ1v) is 6.81. The minimum atomic E-state index is -0.958. The molecule has 0 spiro atoms. The van der Waals surface area contributed by atoms with Crippen LogP contribution in [0.25, 0.3) is 6.08 Å². The Morgan fingerprint density at radius 3 is 2.35 bits per heavy atom. The molecule has 3 nitrogen and oxygen atoms in total. The van der Waals surface area contributed by atoms with Crippen molar-refractivity contribution < 1.29 is 14.6 Å². The lowest BCUT2D eigenvalue weighted by Gasteiger charge is -2.06. The average molecular weight is 333 g/mol. The molecule has 2 aromatic rings. The molecule has 0 aliphatic heterocycles. The highest BCUT2D eigenvalue weighted by Gasteiger charge is 1.97. The summed E-state index contributed by atoms with van der Waals surface area (Å²) in [4.78, 5) is 10.4. The van der Waals surface area contributed by atoms with Gasteiger partial charge < -0.3 is 9.84 Å². The lowest BCUT2D eigenvalue weighted by Crippen LogP contribution is -1.94. The maximum absolute atomic E-state index is 10.4. The van der Waals surface area contributed by atoms with E-state index in [0.29, 0.717) is 6.61 Å². The summed E-state index contributed by atoms with van der Waals surface area (Å²) in [5, 5.41) is 8.54. The first-order valence-electron chi connectivity index (χ1n) is 6.02. The van der Waals surface area contributed by atoms with Gasteiger partial charge in [-0.05, 0) is 41.5 Å². The topological polar surface area (TPSA) is 46.5 Å². The van der Waals surface area contributed by atoms with Gasteiger partial charge >= 0.3 is 5.97 Å². The molecular formula is C16H13BrO3. The Balaban J connectivity index is 1.93. The van der Waals surface area contributed by atoms with E-state index in [0.717, 1.165) is 27.4 Å². The molecule has 102 valence electrons. The highest BCUT2D eigenvalue weighted by Crippen LogP contribution is 2.16. The Hall–Kier alpha value is -2.07. The van der Waals surface area contributed by atoms with Crippen molar-refractivity contribution >= 4 is 28.0 Å². The highest BCUT2D eigenvalue weighted by molar-refractivity contribution is 9.10. The zero-order valence-electron chi connectivity index (χ0n) is 10.6. The van der Waals surface area contributed by atoms with E-state index < -0.39 is 5.97 Å². The maximum atomic E-state index is 10.4. The SMILES string of the molecule is O=C(O)C=Cc1ccc(OCc2ccc(Br)cc2)cc1. The van der Waals surface area contributed by atoms with Crippen molar-refractivity contribution in [2.75, 3.05) is 0 Å². The van der Waals surface area contributed by atoms with E-state index in [2.05, 4.69) is 15.9 Å². The van der Waals surface area contributed by atoms with E-state index in [9.17, 15) is 4.79 Å². The van der Waals surface area contributed by atoms with E-state index in [1.807, 2.05) is 48.5 Å². The molecule has 4 heteroatoms. The van der Waals surface area contributed by atoms with Gasteiger partial charge in [0.25, 0.3) is 0 Å². The molecule has 0 unspecified atom stereocenters. The standard InChI is InChI=1S/C16H13BrO3/c17-14-6-1-13(2-7-14)11-20-15-8-3-12(4-9-15)5-10-16(18)19/h1-10H,11H2,(H,18,19). The molecule has 0 saturated carbocycles. The third-order valence-electron chi connectivity index (χ3n) is 2.62. The van der Waals surface area contributed by atoms with Gasteiger partial charge in [0.1, 0.15) is 12.4 Å². The summed E-state index contributed by atoms with van der Waals surface area (Å²) < 4.78 is 6.69. The van der Waals surface area contributed by atoms with Gasteiger partial charge in [-0.2, -0.15) is 0 Å². The summed E-state index contributed by atoms with van der Waals surface area (Å²) in [6.07, 6.45) is 2.65. The van der Waals surface area contributed by atoms with E-state index in [4.69, 9.17) is 9.84 Å². The molecule has 20 heavy (non-hydrogen) atoms. The molecular weight excluding hydrogens is 320 g/mol. The van der Waals surface area contributed by atoms with Gasteiger partial charge in [0, 0.05) is 10.5 Å². The number of ether oxygens (including phenoxy) is 1. The summed E-state index contributed by atoms with van der Waals surface area (Å²) in [5.74, 6) is -0.207. The molecule has 1 N–H and O–H groups in total. The van der Waals surface area contributed by atoms with Crippen LogP contribution < -0.4 is 4.74 Å². The molecule has 0 bridgehead atoms. The van der Waals surface area contributed by atoms with Crippen LogP contribution in [0.4, 0.5) is 0 Å². The van der Waals surface area contributed by atoms with Crippen LogP contribution in [-0.4, -0.2) is 11.1 Å². The van der Waals surface area contributed by atoms with Crippen LogP contribution in [0.3, 0.4) is 0 Å². The zero-order chi connectivity index (χ0) is 14.4. The largest absolute Gasteiger partial charge is 0.489 e. The molecule has 0 aliphatic rings. The molecule has 0 aliphatic carbocycles. The van der Waals surface area contributed by atoms with Crippen LogP contribution in [0.5, 0.6) is 5.75 Å². The van der Waals surface area contributed by atoms with Crippen LogP contribution in [0.2, 0.25) is 0 Å². The first kappa shape index (κ1) is 14.3. The fourth-order valence-electron chi connectivity index (χ4n) is 1.59. The van der Waals surface area contributed by atoms with E-state index >= 15 is 0 Å². The minimum Gasteiger partial charge on any atom is -0.489 e. The number of carboxylic acid groups (broad SMARTS) is 1. The number of halogens is 1. The Labute approximate surface area is 125 Å². The number of hydrogen-bond donors (Lipinski definition) is 1. The Kier molecular flexibility index (Phi) is 4.96. The third-order valence-corrected chi connectivity index (χ3v) is 3.15. The maximum Gasteiger partial charge on any atom is 0.328 e. The molecule has 0 fully saturated rings. The predicted octanol–water partition coefficient (Wildman–Crippen LogP) is 4.13. The molecule has 0 aromatic heterocycles. The summed E-state index contributed by atoms with van der Waals surface area (Å²) in [5.41, 5.74) is 1.91. The highest BCUT2D eigenvalue weighted by atomic mass is 79.9. The second-order valence-corrected chi connectivity index (χ2v) is 5.07. The molecule has 0 atom stereocenters. The van der Waals surface area contributed by atoms with Crippen molar-refractivity contribution in [3.63, 3.8) is 0 Å². The second-order valence-electron chi connectivity index (χ2n) is 4.16. The minimum absolute atomic E-state index is 0.498. The number of aliphatic carboxylic acids is 1. The van der Waals surface area contributed by atoms with Gasteiger partial charge in [-0.25, -0.2) is 4.79 Å². The monoisotopic (exact) mass is 332 g/mol. The number of rotatable bonds is 5. The fraction of sp³-hybridized carbons (Fsp3) is 0.0625. The third kappa shape index (κ3) is 4.55. The van der Waals surface area contributed by atoms with Crippen LogP contribution >= 0.6 is 15.9 Å². The van der Waals surface area contributed by atoms with Gasteiger partial charge in [0.2, 0.25) is 0 Å². The Bertz CT molecular complexity index is 601. The molecule has 0 heterocycles. The quantitative estimate of drug-likeness (QED) is 0.837. The molecule has 2 aromatic carbocycles. The van der Waals surface area contributed by atoms with Crippen molar-refractivity contribution in [2.24, 2.45) is 0 Å². The van der Waals surface area contributed by atoms with Gasteiger partial charge in [0.15, 0.2) is 0 Å².